The molecule has 0 bridgehead atoms. The van der Waals surface area contributed by atoms with Crippen molar-refractivity contribution in [1.29, 1.82) is 0 Å². The fraction of sp³-hybridized carbons (Fsp3) is 0.500. The Labute approximate surface area is 74.6 Å². The summed E-state index contributed by atoms with van der Waals surface area (Å²) in [4.78, 5) is 0. The molecule has 1 aliphatic rings. The maximum absolute atomic E-state index is 2.31. The molecular weight excluding hydrogens is 144 g/mol. The SMILES string of the molecule is CCc1ccc(C)c2c1CCC2. The van der Waals surface area contributed by atoms with Crippen LogP contribution in [0.1, 0.15) is 35.6 Å². The summed E-state index contributed by atoms with van der Waals surface area (Å²) < 4.78 is 0. The van der Waals surface area contributed by atoms with Crippen LogP contribution in [0.4, 0.5) is 0 Å². The van der Waals surface area contributed by atoms with E-state index in [2.05, 4.69) is 26.0 Å². The van der Waals surface area contributed by atoms with E-state index >= 15 is 0 Å². The molecule has 12 heavy (non-hydrogen) atoms. The van der Waals surface area contributed by atoms with Crippen LogP contribution in [0, 0.1) is 6.92 Å². The van der Waals surface area contributed by atoms with Crippen LogP contribution in [-0.4, -0.2) is 0 Å². The molecule has 2 rings (SSSR count). The third-order valence-corrected chi connectivity index (χ3v) is 3.00. The number of fused-ring (bicyclic) bond motifs is 1. The van der Waals surface area contributed by atoms with Crippen molar-refractivity contribution in [2.24, 2.45) is 0 Å². The lowest BCUT2D eigenvalue weighted by atomic mass is 9.98. The van der Waals surface area contributed by atoms with Gasteiger partial charge in [-0.3, -0.25) is 0 Å². The summed E-state index contributed by atoms with van der Waals surface area (Å²) in [5.74, 6) is 0. The van der Waals surface area contributed by atoms with Gasteiger partial charge in [-0.1, -0.05) is 19.1 Å². The van der Waals surface area contributed by atoms with E-state index < -0.39 is 0 Å². The van der Waals surface area contributed by atoms with E-state index in [1.165, 1.54) is 31.2 Å². The van der Waals surface area contributed by atoms with Crippen molar-refractivity contribution in [3.8, 4) is 0 Å². The van der Waals surface area contributed by atoms with E-state index in [0.717, 1.165) is 0 Å². The van der Waals surface area contributed by atoms with Gasteiger partial charge in [-0.2, -0.15) is 0 Å². The minimum absolute atomic E-state index is 1.20. The average Bonchev–Trinajstić information content (AvgIpc) is 2.54. The molecule has 1 aliphatic carbocycles. The number of aryl methyl sites for hydroxylation is 2. The number of hydrogen-bond donors (Lipinski definition) is 0. The van der Waals surface area contributed by atoms with Crippen LogP contribution in [0.15, 0.2) is 12.1 Å². The normalized spacial score (nSPS) is 14.8. The van der Waals surface area contributed by atoms with Crippen molar-refractivity contribution in [2.75, 3.05) is 0 Å². The molecule has 1 aromatic rings. The summed E-state index contributed by atoms with van der Waals surface area (Å²) >= 11 is 0. The van der Waals surface area contributed by atoms with Crippen molar-refractivity contribution in [2.45, 2.75) is 39.5 Å². The zero-order valence-electron chi connectivity index (χ0n) is 7.98. The zero-order valence-corrected chi connectivity index (χ0v) is 7.98. The standard InChI is InChI=1S/C12H16/c1-3-10-8-7-9(2)11-5-4-6-12(10)11/h7-8H,3-6H2,1-2H3. The summed E-state index contributed by atoms with van der Waals surface area (Å²) in [7, 11) is 0. The van der Waals surface area contributed by atoms with Gasteiger partial charge in [0.1, 0.15) is 0 Å². The van der Waals surface area contributed by atoms with Gasteiger partial charge in [-0.05, 0) is 54.9 Å². The first-order chi connectivity index (χ1) is 5.83. The van der Waals surface area contributed by atoms with Gasteiger partial charge >= 0.3 is 0 Å². The van der Waals surface area contributed by atoms with Crippen LogP contribution in [0.3, 0.4) is 0 Å². The Hall–Kier alpha value is -0.780. The van der Waals surface area contributed by atoms with Gasteiger partial charge in [-0.25, -0.2) is 0 Å². The molecule has 1 aromatic carbocycles. The first-order valence-electron chi connectivity index (χ1n) is 4.93. The van der Waals surface area contributed by atoms with Crippen LogP contribution < -0.4 is 0 Å². The summed E-state index contributed by atoms with van der Waals surface area (Å²) in [5, 5.41) is 0. The Morgan fingerprint density at radius 1 is 1.17 bits per heavy atom. The maximum Gasteiger partial charge on any atom is -0.0270 e. The molecule has 0 radical (unpaired) electrons. The van der Waals surface area contributed by atoms with Crippen molar-refractivity contribution >= 4 is 0 Å². The van der Waals surface area contributed by atoms with E-state index in [-0.39, 0.29) is 0 Å². The Kier molecular flexibility index (Phi) is 1.92. The van der Waals surface area contributed by atoms with E-state index in [0.29, 0.717) is 0 Å². The minimum Gasteiger partial charge on any atom is -0.0613 e. The lowest BCUT2D eigenvalue weighted by Gasteiger charge is -2.08. The smallest absolute Gasteiger partial charge is 0.0270 e. The minimum atomic E-state index is 1.20. The molecule has 0 aromatic heterocycles. The van der Waals surface area contributed by atoms with E-state index in [1.807, 2.05) is 0 Å². The Morgan fingerprint density at radius 3 is 2.67 bits per heavy atom. The van der Waals surface area contributed by atoms with Crippen LogP contribution in [0.2, 0.25) is 0 Å². The molecule has 0 saturated heterocycles. The third-order valence-electron chi connectivity index (χ3n) is 3.00. The number of benzene rings is 1. The summed E-state index contributed by atoms with van der Waals surface area (Å²) in [5.41, 5.74) is 6.39. The van der Waals surface area contributed by atoms with Crippen LogP contribution in [-0.2, 0) is 19.3 Å². The second-order valence-corrected chi connectivity index (χ2v) is 3.71. The lowest BCUT2D eigenvalue weighted by Crippen LogP contribution is -1.93. The van der Waals surface area contributed by atoms with E-state index in [9.17, 15) is 0 Å². The molecule has 64 valence electrons. The molecule has 0 spiro atoms. The van der Waals surface area contributed by atoms with Gasteiger partial charge in [0.2, 0.25) is 0 Å². The Balaban J connectivity index is 2.57. The topological polar surface area (TPSA) is 0 Å². The van der Waals surface area contributed by atoms with Crippen LogP contribution in [0.5, 0.6) is 0 Å². The summed E-state index contributed by atoms with van der Waals surface area (Å²) in [6, 6.07) is 4.59. The average molecular weight is 160 g/mol. The molecule has 0 aliphatic heterocycles. The van der Waals surface area contributed by atoms with Crippen molar-refractivity contribution < 1.29 is 0 Å². The molecule has 0 atom stereocenters. The largest absolute Gasteiger partial charge is 0.0613 e. The highest BCUT2D eigenvalue weighted by atomic mass is 14.2. The van der Waals surface area contributed by atoms with Crippen molar-refractivity contribution in [1.82, 2.24) is 0 Å². The van der Waals surface area contributed by atoms with Crippen LogP contribution in [0.25, 0.3) is 0 Å². The molecule has 0 saturated carbocycles. The predicted octanol–water partition coefficient (Wildman–Crippen LogP) is 3.05. The van der Waals surface area contributed by atoms with Gasteiger partial charge < -0.3 is 0 Å². The van der Waals surface area contributed by atoms with Gasteiger partial charge in [0.15, 0.2) is 0 Å². The van der Waals surface area contributed by atoms with Crippen molar-refractivity contribution in [3.05, 3.63) is 34.4 Å². The second kappa shape index (κ2) is 2.93. The highest BCUT2D eigenvalue weighted by Gasteiger charge is 2.15. The highest BCUT2D eigenvalue weighted by molar-refractivity contribution is 5.43. The quantitative estimate of drug-likeness (QED) is 0.592. The van der Waals surface area contributed by atoms with Crippen molar-refractivity contribution in [3.63, 3.8) is 0 Å². The lowest BCUT2D eigenvalue weighted by molar-refractivity contribution is 0.903. The number of rotatable bonds is 1. The highest BCUT2D eigenvalue weighted by Crippen LogP contribution is 2.28. The van der Waals surface area contributed by atoms with Crippen LogP contribution >= 0.6 is 0 Å². The third kappa shape index (κ3) is 1.06. The Morgan fingerprint density at radius 2 is 1.92 bits per heavy atom. The van der Waals surface area contributed by atoms with Gasteiger partial charge in [0, 0.05) is 0 Å². The summed E-state index contributed by atoms with van der Waals surface area (Å²) in [6.07, 6.45) is 5.20. The van der Waals surface area contributed by atoms with Gasteiger partial charge in [0.05, 0.1) is 0 Å². The molecule has 0 unspecified atom stereocenters. The molecule has 0 heteroatoms. The second-order valence-electron chi connectivity index (χ2n) is 3.71. The molecule has 0 amide bonds. The molecule has 0 fully saturated rings. The van der Waals surface area contributed by atoms with Gasteiger partial charge in [0.25, 0.3) is 0 Å². The van der Waals surface area contributed by atoms with E-state index in [1.54, 1.807) is 16.7 Å². The monoisotopic (exact) mass is 160 g/mol. The Bertz CT molecular complexity index is 297. The predicted molar refractivity (Wildman–Crippen MR) is 52.6 cm³/mol. The maximum atomic E-state index is 2.31. The molecular formula is C12H16. The van der Waals surface area contributed by atoms with Gasteiger partial charge in [-0.15, -0.1) is 0 Å². The fourth-order valence-electron chi connectivity index (χ4n) is 2.29. The first-order valence-corrected chi connectivity index (χ1v) is 4.93. The summed E-state index contributed by atoms with van der Waals surface area (Å²) in [6.45, 7) is 4.49. The molecule has 0 heterocycles. The molecule has 0 N–H and O–H groups in total. The molecule has 0 nitrogen and oxygen atoms in total. The zero-order chi connectivity index (χ0) is 8.55. The first kappa shape index (κ1) is 7.85. The number of hydrogen-bond acceptors (Lipinski definition) is 0. The van der Waals surface area contributed by atoms with E-state index in [4.69, 9.17) is 0 Å². The fourth-order valence-corrected chi connectivity index (χ4v) is 2.29.